The van der Waals surface area contributed by atoms with Gasteiger partial charge in [0, 0.05) is 19.7 Å². The molecule has 0 spiro atoms. The highest BCUT2D eigenvalue weighted by Crippen LogP contribution is 2.28. The van der Waals surface area contributed by atoms with Crippen molar-refractivity contribution in [2.75, 3.05) is 23.9 Å². The van der Waals surface area contributed by atoms with Crippen molar-refractivity contribution in [1.82, 2.24) is 9.97 Å². The van der Waals surface area contributed by atoms with E-state index in [4.69, 9.17) is 4.74 Å². The number of carbonyl (C=O) groups excluding carboxylic acids is 1. The van der Waals surface area contributed by atoms with Crippen LogP contribution in [0.15, 0.2) is 30.5 Å². The Bertz CT molecular complexity index is 824. The molecule has 2 aromatic rings. The largest absolute Gasteiger partial charge is 0.375 e. The van der Waals surface area contributed by atoms with E-state index in [0.717, 1.165) is 30.3 Å². The Labute approximate surface area is 150 Å². The number of aryl methyl sites for hydroxylation is 1. The number of nitrogens with one attached hydrogen (secondary N) is 1. The van der Waals surface area contributed by atoms with Gasteiger partial charge in [0.05, 0.1) is 16.7 Å². The molecule has 1 aliphatic heterocycles. The van der Waals surface area contributed by atoms with E-state index in [1.54, 1.807) is 12.0 Å². The molecule has 0 aromatic carbocycles. The first kappa shape index (κ1) is 17.7. The summed E-state index contributed by atoms with van der Waals surface area (Å²) in [5.41, 5.74) is 1.61. The summed E-state index contributed by atoms with van der Waals surface area (Å²) in [6, 6.07) is 6.20. The molecule has 0 radical (unpaired) electrons. The number of urea groups is 1. The van der Waals surface area contributed by atoms with Gasteiger partial charge < -0.3 is 4.74 Å². The molecule has 1 aliphatic rings. The van der Waals surface area contributed by atoms with Crippen molar-refractivity contribution in [3.8, 4) is 0 Å². The first-order chi connectivity index (χ1) is 12.5. The first-order valence-electron chi connectivity index (χ1n) is 8.21. The van der Waals surface area contributed by atoms with Crippen molar-refractivity contribution < 1.29 is 14.5 Å². The van der Waals surface area contributed by atoms with Crippen molar-refractivity contribution in [1.29, 1.82) is 0 Å². The van der Waals surface area contributed by atoms with Gasteiger partial charge in [0.15, 0.2) is 0 Å². The molecule has 0 fully saturated rings. The van der Waals surface area contributed by atoms with E-state index >= 15 is 0 Å². The van der Waals surface area contributed by atoms with Gasteiger partial charge >= 0.3 is 6.03 Å². The number of anilines is 2. The molecule has 1 N–H and O–H groups in total. The minimum atomic E-state index is -0.540. The molecule has 1 atom stereocenters. The van der Waals surface area contributed by atoms with Crippen LogP contribution >= 0.6 is 0 Å². The van der Waals surface area contributed by atoms with Crippen molar-refractivity contribution in [3.63, 3.8) is 0 Å². The van der Waals surface area contributed by atoms with Crippen LogP contribution in [0, 0.1) is 10.1 Å². The van der Waals surface area contributed by atoms with E-state index in [9.17, 15) is 14.9 Å². The Hall–Kier alpha value is -3.07. The minimum Gasteiger partial charge on any atom is -0.375 e. The summed E-state index contributed by atoms with van der Waals surface area (Å²) >= 11 is 0. The van der Waals surface area contributed by atoms with E-state index in [1.807, 2.05) is 19.1 Å². The van der Waals surface area contributed by atoms with E-state index in [1.165, 1.54) is 12.1 Å². The summed E-state index contributed by atoms with van der Waals surface area (Å²) in [6.45, 7) is 2.42. The second-order valence-electron chi connectivity index (χ2n) is 5.94. The lowest BCUT2D eigenvalue weighted by Gasteiger charge is -2.29. The monoisotopic (exact) mass is 357 g/mol. The SMILES string of the molecule is COC(C)c1ccc2c(n1)N(C(=O)Nc1ccc([N+](=O)[O-])cn1)CCC2. The molecular formula is C17H19N5O4. The molecule has 26 heavy (non-hydrogen) atoms. The smallest absolute Gasteiger partial charge is 0.328 e. The number of methoxy groups -OCH3 is 1. The quantitative estimate of drug-likeness (QED) is 0.665. The Morgan fingerprint density at radius 1 is 1.38 bits per heavy atom. The van der Waals surface area contributed by atoms with Gasteiger partial charge in [-0.05, 0) is 37.5 Å². The predicted octanol–water partition coefficient (Wildman–Crippen LogP) is 3.08. The van der Waals surface area contributed by atoms with Crippen molar-refractivity contribution in [2.24, 2.45) is 0 Å². The zero-order valence-electron chi connectivity index (χ0n) is 14.5. The lowest BCUT2D eigenvalue weighted by atomic mass is 10.0. The Morgan fingerprint density at radius 2 is 2.19 bits per heavy atom. The average Bonchev–Trinajstić information content (AvgIpc) is 2.66. The molecule has 0 aliphatic carbocycles. The van der Waals surface area contributed by atoms with E-state index in [2.05, 4.69) is 15.3 Å². The molecule has 9 nitrogen and oxygen atoms in total. The maximum Gasteiger partial charge on any atom is 0.328 e. The number of nitro groups is 1. The third kappa shape index (κ3) is 3.62. The number of nitrogens with zero attached hydrogens (tertiary/aromatic N) is 4. The highest BCUT2D eigenvalue weighted by Gasteiger charge is 2.25. The van der Waals surface area contributed by atoms with Gasteiger partial charge in [0.25, 0.3) is 5.69 Å². The number of hydrogen-bond donors (Lipinski definition) is 1. The van der Waals surface area contributed by atoms with Crippen LogP contribution in [-0.4, -0.2) is 34.6 Å². The van der Waals surface area contributed by atoms with Gasteiger partial charge in [-0.25, -0.2) is 14.8 Å². The number of carbonyl (C=O) groups is 1. The number of ether oxygens (including phenoxy) is 1. The molecular weight excluding hydrogens is 338 g/mol. The van der Waals surface area contributed by atoms with Crippen LogP contribution in [0.2, 0.25) is 0 Å². The molecule has 3 heterocycles. The van der Waals surface area contributed by atoms with Gasteiger partial charge in [0.2, 0.25) is 0 Å². The summed E-state index contributed by atoms with van der Waals surface area (Å²) in [4.78, 5) is 32.9. The van der Waals surface area contributed by atoms with Crippen LogP contribution < -0.4 is 10.2 Å². The lowest BCUT2D eigenvalue weighted by Crippen LogP contribution is -2.39. The molecule has 1 unspecified atom stereocenters. The maximum atomic E-state index is 12.7. The molecule has 0 saturated heterocycles. The highest BCUT2D eigenvalue weighted by molar-refractivity contribution is 6.01. The Kier molecular flexibility index (Phi) is 5.08. The van der Waals surface area contributed by atoms with Crippen LogP contribution in [0.5, 0.6) is 0 Å². The zero-order valence-corrected chi connectivity index (χ0v) is 14.5. The molecule has 3 rings (SSSR count). The van der Waals surface area contributed by atoms with Gasteiger partial charge in [-0.1, -0.05) is 6.07 Å². The van der Waals surface area contributed by atoms with Crippen LogP contribution in [0.3, 0.4) is 0 Å². The number of rotatable bonds is 4. The minimum absolute atomic E-state index is 0.133. The second kappa shape index (κ2) is 7.44. The molecule has 136 valence electrons. The molecule has 9 heteroatoms. The van der Waals surface area contributed by atoms with Crippen molar-refractivity contribution in [3.05, 3.63) is 51.8 Å². The average molecular weight is 357 g/mol. The molecule has 0 saturated carbocycles. The third-order valence-corrected chi connectivity index (χ3v) is 4.27. The number of aromatic nitrogens is 2. The summed E-state index contributed by atoms with van der Waals surface area (Å²) in [5, 5.41) is 13.3. The number of fused-ring (bicyclic) bond motifs is 1. The first-order valence-corrected chi connectivity index (χ1v) is 8.21. The summed E-state index contributed by atoms with van der Waals surface area (Å²) < 4.78 is 5.30. The van der Waals surface area contributed by atoms with Gasteiger partial charge in [0.1, 0.15) is 17.8 Å². The van der Waals surface area contributed by atoms with E-state index in [-0.39, 0.29) is 23.6 Å². The van der Waals surface area contributed by atoms with E-state index in [0.29, 0.717) is 12.4 Å². The summed E-state index contributed by atoms with van der Waals surface area (Å²) in [5.74, 6) is 0.853. The standard InChI is InChI=1S/C17H19N5O4/c1-11(26-2)14-7-5-12-4-3-9-21(16(12)19-14)17(23)20-15-8-6-13(10-18-15)22(24)25/h5-8,10-11H,3-4,9H2,1-2H3,(H,18,20,23). The molecule has 0 bridgehead atoms. The Balaban J connectivity index is 1.81. The molecule has 2 aromatic heterocycles. The van der Waals surface area contributed by atoms with Gasteiger partial charge in [-0.2, -0.15) is 0 Å². The topological polar surface area (TPSA) is 110 Å². The van der Waals surface area contributed by atoms with Crippen LogP contribution in [-0.2, 0) is 11.2 Å². The molecule has 2 amide bonds. The van der Waals surface area contributed by atoms with Gasteiger partial charge in [-0.3, -0.25) is 20.3 Å². The van der Waals surface area contributed by atoms with Crippen molar-refractivity contribution >= 4 is 23.4 Å². The second-order valence-corrected chi connectivity index (χ2v) is 5.94. The third-order valence-electron chi connectivity index (χ3n) is 4.27. The maximum absolute atomic E-state index is 12.7. The van der Waals surface area contributed by atoms with E-state index < -0.39 is 4.92 Å². The van der Waals surface area contributed by atoms with Gasteiger partial charge in [-0.15, -0.1) is 0 Å². The fraction of sp³-hybridized carbons (Fsp3) is 0.353. The normalized spacial score (nSPS) is 14.5. The fourth-order valence-corrected chi connectivity index (χ4v) is 2.74. The van der Waals surface area contributed by atoms with Crippen LogP contribution in [0.1, 0.15) is 30.7 Å². The van der Waals surface area contributed by atoms with Crippen LogP contribution in [0.25, 0.3) is 0 Å². The predicted molar refractivity (Wildman–Crippen MR) is 95.2 cm³/mol. The van der Waals surface area contributed by atoms with Crippen LogP contribution in [0.4, 0.5) is 22.1 Å². The number of pyridine rings is 2. The number of amides is 2. The highest BCUT2D eigenvalue weighted by atomic mass is 16.6. The van der Waals surface area contributed by atoms with Crippen molar-refractivity contribution in [2.45, 2.75) is 25.9 Å². The lowest BCUT2D eigenvalue weighted by molar-refractivity contribution is -0.385. The fourth-order valence-electron chi connectivity index (χ4n) is 2.74. The Morgan fingerprint density at radius 3 is 2.85 bits per heavy atom. The number of hydrogen-bond acceptors (Lipinski definition) is 6. The zero-order chi connectivity index (χ0) is 18.7. The summed E-state index contributed by atoms with van der Waals surface area (Å²) in [6.07, 6.45) is 2.61. The summed E-state index contributed by atoms with van der Waals surface area (Å²) in [7, 11) is 1.61.